The van der Waals surface area contributed by atoms with Crippen LogP contribution >= 0.6 is 0 Å². The van der Waals surface area contributed by atoms with Crippen molar-refractivity contribution < 1.29 is 4.79 Å². The molecule has 1 amide bonds. The maximum atomic E-state index is 12.8. The Kier molecular flexibility index (Phi) is 4.43. The highest BCUT2D eigenvalue weighted by Gasteiger charge is 2.13. The zero-order valence-electron chi connectivity index (χ0n) is 14.2. The van der Waals surface area contributed by atoms with Gasteiger partial charge in [-0.05, 0) is 36.4 Å². The number of carbonyl (C=O) groups excluding carboxylic acids is 1. The lowest BCUT2D eigenvalue weighted by Gasteiger charge is -2.11. The van der Waals surface area contributed by atoms with E-state index in [2.05, 4.69) is 10.3 Å². The molecule has 0 unspecified atom stereocenters. The average Bonchev–Trinajstić information content (AvgIpc) is 3.21. The second-order valence-corrected chi connectivity index (χ2v) is 5.98. The summed E-state index contributed by atoms with van der Waals surface area (Å²) in [6, 6.07) is 17.3. The standard InChI is InChI=1S/C21H18N4O/c26-21(23-11-14-25-12-3-4-13-25)18-15-20(16-7-9-22-10-8-16)24-19-6-2-1-5-17(18)19/h1-10,12-13,15H,11,14H2,(H,23,26). The fourth-order valence-electron chi connectivity index (χ4n) is 2.95. The van der Waals surface area contributed by atoms with E-state index in [9.17, 15) is 4.79 Å². The minimum Gasteiger partial charge on any atom is -0.353 e. The Bertz CT molecular complexity index is 1030. The van der Waals surface area contributed by atoms with E-state index >= 15 is 0 Å². The van der Waals surface area contributed by atoms with Crippen LogP contribution in [0, 0.1) is 0 Å². The maximum Gasteiger partial charge on any atom is 0.252 e. The fourth-order valence-corrected chi connectivity index (χ4v) is 2.95. The predicted octanol–water partition coefficient (Wildman–Crippen LogP) is 3.53. The van der Waals surface area contributed by atoms with Gasteiger partial charge in [-0.1, -0.05) is 18.2 Å². The first-order valence-electron chi connectivity index (χ1n) is 8.50. The molecule has 3 heterocycles. The van der Waals surface area contributed by atoms with Gasteiger partial charge in [0, 0.05) is 48.8 Å². The van der Waals surface area contributed by atoms with Gasteiger partial charge in [-0.2, -0.15) is 0 Å². The molecule has 4 aromatic rings. The lowest BCUT2D eigenvalue weighted by molar-refractivity contribution is 0.0954. The Labute approximate surface area is 151 Å². The van der Waals surface area contributed by atoms with Crippen LogP contribution in [0.5, 0.6) is 0 Å². The minimum atomic E-state index is -0.0916. The Hall–Kier alpha value is -3.47. The zero-order chi connectivity index (χ0) is 17.8. The Morgan fingerprint density at radius 1 is 1.00 bits per heavy atom. The van der Waals surface area contributed by atoms with E-state index in [1.54, 1.807) is 12.4 Å². The van der Waals surface area contributed by atoms with Crippen molar-refractivity contribution in [2.24, 2.45) is 0 Å². The van der Waals surface area contributed by atoms with Gasteiger partial charge in [0.1, 0.15) is 0 Å². The highest BCUT2D eigenvalue weighted by atomic mass is 16.1. The second-order valence-electron chi connectivity index (χ2n) is 5.98. The summed E-state index contributed by atoms with van der Waals surface area (Å²) in [5.74, 6) is -0.0916. The number of nitrogens with zero attached hydrogens (tertiary/aromatic N) is 3. The van der Waals surface area contributed by atoms with E-state index in [1.807, 2.05) is 71.6 Å². The third-order valence-corrected chi connectivity index (χ3v) is 4.26. The summed E-state index contributed by atoms with van der Waals surface area (Å²) in [6.07, 6.45) is 7.41. The number of hydrogen-bond donors (Lipinski definition) is 1. The normalized spacial score (nSPS) is 10.8. The molecule has 1 N–H and O–H groups in total. The van der Waals surface area contributed by atoms with Crippen LogP contribution < -0.4 is 5.32 Å². The lowest BCUT2D eigenvalue weighted by atomic mass is 10.0. The smallest absolute Gasteiger partial charge is 0.252 e. The predicted molar refractivity (Wildman–Crippen MR) is 102 cm³/mol. The molecule has 1 aromatic carbocycles. The summed E-state index contributed by atoms with van der Waals surface area (Å²) >= 11 is 0. The zero-order valence-corrected chi connectivity index (χ0v) is 14.2. The van der Waals surface area contributed by atoms with Gasteiger partial charge in [-0.25, -0.2) is 4.98 Å². The number of carbonyl (C=O) groups is 1. The second kappa shape index (κ2) is 7.19. The summed E-state index contributed by atoms with van der Waals surface area (Å²) in [7, 11) is 0. The van der Waals surface area contributed by atoms with Crippen molar-refractivity contribution >= 4 is 16.8 Å². The largest absolute Gasteiger partial charge is 0.353 e. The number of hydrogen-bond acceptors (Lipinski definition) is 3. The van der Waals surface area contributed by atoms with Crippen LogP contribution in [-0.4, -0.2) is 27.0 Å². The van der Waals surface area contributed by atoms with E-state index < -0.39 is 0 Å². The van der Waals surface area contributed by atoms with Crippen molar-refractivity contribution in [2.75, 3.05) is 6.54 Å². The van der Waals surface area contributed by atoms with Gasteiger partial charge in [0.25, 0.3) is 5.91 Å². The van der Waals surface area contributed by atoms with Gasteiger partial charge < -0.3 is 9.88 Å². The van der Waals surface area contributed by atoms with Gasteiger partial charge in [0.15, 0.2) is 0 Å². The molecule has 3 aromatic heterocycles. The lowest BCUT2D eigenvalue weighted by Crippen LogP contribution is -2.27. The molecular weight excluding hydrogens is 324 g/mol. The summed E-state index contributed by atoms with van der Waals surface area (Å²) < 4.78 is 2.04. The molecule has 5 nitrogen and oxygen atoms in total. The quantitative estimate of drug-likeness (QED) is 0.603. The van der Waals surface area contributed by atoms with Gasteiger partial charge in [-0.3, -0.25) is 9.78 Å². The Balaban J connectivity index is 1.65. The van der Waals surface area contributed by atoms with Crippen molar-refractivity contribution in [3.63, 3.8) is 0 Å². The van der Waals surface area contributed by atoms with Crippen molar-refractivity contribution in [3.05, 3.63) is 84.9 Å². The molecule has 4 rings (SSSR count). The summed E-state index contributed by atoms with van der Waals surface area (Å²) in [5.41, 5.74) is 3.14. The fraction of sp³-hybridized carbons (Fsp3) is 0.0952. The third kappa shape index (κ3) is 3.32. The molecule has 26 heavy (non-hydrogen) atoms. The molecule has 128 valence electrons. The molecule has 0 saturated heterocycles. The topological polar surface area (TPSA) is 59.8 Å². The molecule has 0 aliphatic heterocycles. The van der Waals surface area contributed by atoms with Crippen LogP contribution in [0.1, 0.15) is 10.4 Å². The third-order valence-electron chi connectivity index (χ3n) is 4.26. The summed E-state index contributed by atoms with van der Waals surface area (Å²) in [5, 5.41) is 3.86. The van der Waals surface area contributed by atoms with Crippen LogP contribution in [0.15, 0.2) is 79.4 Å². The van der Waals surface area contributed by atoms with E-state index in [0.29, 0.717) is 12.1 Å². The van der Waals surface area contributed by atoms with Crippen LogP contribution in [0.3, 0.4) is 0 Å². The van der Waals surface area contributed by atoms with Gasteiger partial charge in [0.05, 0.1) is 16.8 Å². The SMILES string of the molecule is O=C(NCCn1cccc1)c1cc(-c2ccncc2)nc2ccccc12. The molecule has 0 spiro atoms. The summed E-state index contributed by atoms with van der Waals surface area (Å²) in [4.78, 5) is 21.6. The maximum absolute atomic E-state index is 12.8. The highest BCUT2D eigenvalue weighted by molar-refractivity contribution is 6.07. The van der Waals surface area contributed by atoms with Crippen LogP contribution in [0.25, 0.3) is 22.2 Å². The van der Waals surface area contributed by atoms with Gasteiger partial charge in [-0.15, -0.1) is 0 Å². The van der Waals surface area contributed by atoms with E-state index in [1.165, 1.54) is 0 Å². The summed E-state index contributed by atoms with van der Waals surface area (Å²) in [6.45, 7) is 1.30. The molecule has 5 heteroatoms. The molecule has 0 aliphatic carbocycles. The van der Waals surface area contributed by atoms with Crippen LogP contribution in [0.4, 0.5) is 0 Å². The van der Waals surface area contributed by atoms with Gasteiger partial charge >= 0.3 is 0 Å². The Morgan fingerprint density at radius 3 is 2.58 bits per heavy atom. The number of aromatic nitrogens is 3. The van der Waals surface area contributed by atoms with Crippen LogP contribution in [0.2, 0.25) is 0 Å². The van der Waals surface area contributed by atoms with Gasteiger partial charge in [0.2, 0.25) is 0 Å². The van der Waals surface area contributed by atoms with Crippen molar-refractivity contribution in [2.45, 2.75) is 6.54 Å². The molecular formula is C21H18N4O. The first-order chi connectivity index (χ1) is 12.8. The molecule has 0 saturated carbocycles. The number of nitrogens with one attached hydrogen (secondary N) is 1. The molecule has 0 fully saturated rings. The van der Waals surface area contributed by atoms with E-state index in [-0.39, 0.29) is 5.91 Å². The number of benzene rings is 1. The number of rotatable bonds is 5. The molecule has 0 bridgehead atoms. The monoisotopic (exact) mass is 342 g/mol. The van der Waals surface area contributed by atoms with Crippen molar-refractivity contribution in [1.82, 2.24) is 19.9 Å². The van der Waals surface area contributed by atoms with Crippen molar-refractivity contribution in [1.29, 1.82) is 0 Å². The molecule has 0 atom stereocenters. The molecule has 0 aliphatic rings. The molecule has 0 radical (unpaired) electrons. The average molecular weight is 342 g/mol. The Morgan fingerprint density at radius 2 is 1.77 bits per heavy atom. The van der Waals surface area contributed by atoms with Crippen molar-refractivity contribution in [3.8, 4) is 11.3 Å². The minimum absolute atomic E-state index is 0.0916. The first-order valence-corrected chi connectivity index (χ1v) is 8.50. The van der Waals surface area contributed by atoms with E-state index in [0.717, 1.165) is 28.7 Å². The highest BCUT2D eigenvalue weighted by Crippen LogP contribution is 2.24. The van der Waals surface area contributed by atoms with E-state index in [4.69, 9.17) is 4.98 Å². The number of fused-ring (bicyclic) bond motifs is 1. The van der Waals surface area contributed by atoms with Crippen LogP contribution in [-0.2, 0) is 6.54 Å². The first kappa shape index (κ1) is 16.0. The number of pyridine rings is 2. The number of para-hydroxylation sites is 1. The number of amides is 1.